The highest BCUT2D eigenvalue weighted by Gasteiger charge is 2.21. The van der Waals surface area contributed by atoms with Gasteiger partial charge in [0.05, 0.1) is 36.1 Å². The number of benzene rings is 2. The Bertz CT molecular complexity index is 1170. The van der Waals surface area contributed by atoms with Crippen molar-refractivity contribution < 1.29 is 23.5 Å². The molecule has 0 unspecified atom stereocenters. The zero-order valence-corrected chi connectivity index (χ0v) is 19.4. The van der Waals surface area contributed by atoms with Gasteiger partial charge < -0.3 is 24.1 Å². The molecule has 0 bridgehead atoms. The quantitative estimate of drug-likeness (QED) is 0.460. The van der Waals surface area contributed by atoms with Gasteiger partial charge in [-0.25, -0.2) is 4.79 Å². The average molecular weight is 489 g/mol. The van der Waals surface area contributed by atoms with Gasteiger partial charge in [-0.05, 0) is 55.5 Å². The van der Waals surface area contributed by atoms with E-state index in [0.717, 1.165) is 5.69 Å². The number of nitrogens with one attached hydrogen (secondary N) is 1. The van der Waals surface area contributed by atoms with Gasteiger partial charge in [0.2, 0.25) is 0 Å². The Morgan fingerprint density at radius 1 is 1.06 bits per heavy atom. The zero-order chi connectivity index (χ0) is 23.4. The van der Waals surface area contributed by atoms with Crippen LogP contribution < -0.4 is 10.2 Å². The van der Waals surface area contributed by atoms with Crippen LogP contribution in [0.4, 0.5) is 11.4 Å². The van der Waals surface area contributed by atoms with Crippen LogP contribution in [-0.2, 0) is 9.47 Å². The summed E-state index contributed by atoms with van der Waals surface area (Å²) in [6.07, 6.45) is 0. The minimum Gasteiger partial charge on any atom is -0.462 e. The summed E-state index contributed by atoms with van der Waals surface area (Å²) in [6, 6.07) is 13.3. The van der Waals surface area contributed by atoms with Crippen LogP contribution in [0, 0.1) is 0 Å². The fraction of sp³-hybridized carbons (Fsp3) is 0.250. The minimum atomic E-state index is -0.465. The first kappa shape index (κ1) is 23.2. The standard InChI is InChI=1S/C24H22Cl2N2O5/c1-2-32-24(30)18-14-16(4-6-20(18)28-9-11-31-12-10-28)27-23(29)22-8-7-21(33-22)17-13-15(25)3-5-19(17)26/h3-8,13-14H,2,9-12H2,1H3,(H,27,29). The van der Waals surface area contributed by atoms with Crippen molar-refractivity contribution >= 4 is 46.5 Å². The molecule has 33 heavy (non-hydrogen) atoms. The van der Waals surface area contributed by atoms with Crippen molar-refractivity contribution in [1.29, 1.82) is 0 Å². The summed E-state index contributed by atoms with van der Waals surface area (Å²) in [5.74, 6) is -0.405. The molecule has 1 fully saturated rings. The van der Waals surface area contributed by atoms with E-state index in [0.29, 0.717) is 58.9 Å². The van der Waals surface area contributed by atoms with Crippen molar-refractivity contribution in [2.24, 2.45) is 0 Å². The molecule has 9 heteroatoms. The third-order valence-electron chi connectivity index (χ3n) is 5.13. The highest BCUT2D eigenvalue weighted by Crippen LogP contribution is 2.32. The molecule has 172 valence electrons. The second-order valence-electron chi connectivity index (χ2n) is 7.29. The predicted octanol–water partition coefficient (Wildman–Crippen LogP) is 5.52. The molecule has 0 saturated carbocycles. The van der Waals surface area contributed by atoms with Crippen molar-refractivity contribution in [3.8, 4) is 11.3 Å². The number of carbonyl (C=O) groups is 2. The molecule has 2 aromatic carbocycles. The number of hydrogen-bond donors (Lipinski definition) is 1. The smallest absolute Gasteiger partial charge is 0.340 e. The van der Waals surface area contributed by atoms with Gasteiger partial charge in [-0.15, -0.1) is 0 Å². The van der Waals surface area contributed by atoms with Crippen molar-refractivity contribution in [2.75, 3.05) is 43.1 Å². The second kappa shape index (κ2) is 10.3. The van der Waals surface area contributed by atoms with Crippen LogP contribution in [0.2, 0.25) is 10.0 Å². The Morgan fingerprint density at radius 2 is 1.85 bits per heavy atom. The lowest BCUT2D eigenvalue weighted by Gasteiger charge is -2.30. The molecule has 1 aliphatic heterocycles. The number of hydrogen-bond acceptors (Lipinski definition) is 6. The highest BCUT2D eigenvalue weighted by atomic mass is 35.5. The van der Waals surface area contributed by atoms with E-state index in [2.05, 4.69) is 10.2 Å². The van der Waals surface area contributed by atoms with E-state index in [4.69, 9.17) is 37.1 Å². The fourth-order valence-electron chi connectivity index (χ4n) is 3.55. The summed E-state index contributed by atoms with van der Waals surface area (Å²) in [4.78, 5) is 27.5. The Hall–Kier alpha value is -3.00. The van der Waals surface area contributed by atoms with Gasteiger partial charge in [-0.2, -0.15) is 0 Å². The number of amides is 1. The van der Waals surface area contributed by atoms with E-state index in [1.165, 1.54) is 0 Å². The third kappa shape index (κ3) is 5.33. The van der Waals surface area contributed by atoms with E-state index >= 15 is 0 Å². The first-order chi connectivity index (χ1) is 16.0. The normalized spacial score (nSPS) is 13.6. The lowest BCUT2D eigenvalue weighted by molar-refractivity contribution is 0.0526. The number of furan rings is 1. The summed E-state index contributed by atoms with van der Waals surface area (Å²) in [5, 5.41) is 3.73. The number of nitrogens with zero attached hydrogens (tertiary/aromatic N) is 1. The number of esters is 1. The number of morpholine rings is 1. The van der Waals surface area contributed by atoms with Gasteiger partial charge in [0.15, 0.2) is 5.76 Å². The van der Waals surface area contributed by atoms with Crippen LogP contribution in [0.1, 0.15) is 27.8 Å². The lowest BCUT2D eigenvalue weighted by Crippen LogP contribution is -2.37. The predicted molar refractivity (Wildman–Crippen MR) is 128 cm³/mol. The number of ether oxygens (including phenoxy) is 2. The molecule has 3 aromatic rings. The fourth-order valence-corrected chi connectivity index (χ4v) is 3.93. The molecule has 1 amide bonds. The van der Waals surface area contributed by atoms with E-state index < -0.39 is 11.9 Å². The number of carbonyl (C=O) groups excluding carboxylic acids is 2. The molecule has 1 aliphatic rings. The average Bonchev–Trinajstić information content (AvgIpc) is 3.32. The Labute approximate surface area is 201 Å². The molecule has 0 spiro atoms. The van der Waals surface area contributed by atoms with Crippen LogP contribution in [0.25, 0.3) is 11.3 Å². The molecular formula is C24H22Cl2N2O5. The molecule has 0 radical (unpaired) electrons. The SMILES string of the molecule is CCOC(=O)c1cc(NC(=O)c2ccc(-c3cc(Cl)ccc3Cl)o2)ccc1N1CCOCC1. The van der Waals surface area contributed by atoms with Gasteiger partial charge >= 0.3 is 5.97 Å². The van der Waals surface area contributed by atoms with Crippen molar-refractivity contribution in [1.82, 2.24) is 0 Å². The summed E-state index contributed by atoms with van der Waals surface area (Å²) in [6.45, 7) is 4.49. The minimum absolute atomic E-state index is 0.0935. The van der Waals surface area contributed by atoms with Crippen LogP contribution in [-0.4, -0.2) is 44.8 Å². The van der Waals surface area contributed by atoms with Crippen LogP contribution in [0.15, 0.2) is 52.9 Å². The molecular weight excluding hydrogens is 467 g/mol. The van der Waals surface area contributed by atoms with Crippen molar-refractivity contribution in [3.63, 3.8) is 0 Å². The van der Waals surface area contributed by atoms with Crippen LogP contribution in [0.3, 0.4) is 0 Å². The molecule has 1 N–H and O–H groups in total. The van der Waals surface area contributed by atoms with Crippen LogP contribution in [0.5, 0.6) is 0 Å². The number of halogens is 2. The zero-order valence-electron chi connectivity index (χ0n) is 17.9. The summed E-state index contributed by atoms with van der Waals surface area (Å²) >= 11 is 12.3. The Morgan fingerprint density at radius 3 is 2.61 bits per heavy atom. The molecule has 4 rings (SSSR count). The van der Waals surface area contributed by atoms with E-state index in [1.807, 2.05) is 0 Å². The van der Waals surface area contributed by atoms with Gasteiger partial charge in [0.1, 0.15) is 5.76 Å². The summed E-state index contributed by atoms with van der Waals surface area (Å²) in [5.41, 5.74) is 2.15. The largest absolute Gasteiger partial charge is 0.462 e. The topological polar surface area (TPSA) is 81.0 Å². The van der Waals surface area contributed by atoms with E-state index in [1.54, 1.807) is 55.5 Å². The van der Waals surface area contributed by atoms with Crippen molar-refractivity contribution in [2.45, 2.75) is 6.92 Å². The van der Waals surface area contributed by atoms with E-state index in [9.17, 15) is 9.59 Å². The van der Waals surface area contributed by atoms with Gasteiger partial charge in [-0.1, -0.05) is 23.2 Å². The monoisotopic (exact) mass is 488 g/mol. The van der Waals surface area contributed by atoms with Gasteiger partial charge in [0, 0.05) is 29.4 Å². The molecule has 0 atom stereocenters. The van der Waals surface area contributed by atoms with Gasteiger partial charge in [0.25, 0.3) is 5.91 Å². The Kier molecular flexibility index (Phi) is 7.23. The van der Waals surface area contributed by atoms with Gasteiger partial charge in [-0.3, -0.25) is 4.79 Å². The first-order valence-corrected chi connectivity index (χ1v) is 11.2. The highest BCUT2D eigenvalue weighted by molar-refractivity contribution is 6.35. The third-order valence-corrected chi connectivity index (χ3v) is 5.69. The lowest BCUT2D eigenvalue weighted by atomic mass is 10.1. The first-order valence-electron chi connectivity index (χ1n) is 10.5. The molecule has 7 nitrogen and oxygen atoms in total. The maximum Gasteiger partial charge on any atom is 0.340 e. The molecule has 1 aromatic heterocycles. The van der Waals surface area contributed by atoms with Crippen molar-refractivity contribution in [3.05, 3.63) is 69.9 Å². The number of rotatable bonds is 6. The molecule has 0 aliphatic carbocycles. The summed E-state index contributed by atoms with van der Waals surface area (Å²) < 4.78 is 16.3. The molecule has 2 heterocycles. The molecule has 1 saturated heterocycles. The van der Waals surface area contributed by atoms with Crippen LogP contribution >= 0.6 is 23.2 Å². The maximum absolute atomic E-state index is 12.8. The second-order valence-corrected chi connectivity index (χ2v) is 8.14. The Balaban J connectivity index is 1.56. The maximum atomic E-state index is 12.8. The summed E-state index contributed by atoms with van der Waals surface area (Å²) in [7, 11) is 0. The van der Waals surface area contributed by atoms with E-state index in [-0.39, 0.29) is 12.4 Å². The number of anilines is 2.